The molecule has 2 aromatic carbocycles. The molecule has 0 radical (unpaired) electrons. The average Bonchev–Trinajstić information content (AvgIpc) is 3.09. The highest BCUT2D eigenvalue weighted by Gasteiger charge is 2.71. The Kier molecular flexibility index (Phi) is 5.12. The Balaban J connectivity index is 1.59. The van der Waals surface area contributed by atoms with E-state index >= 15 is 0 Å². The van der Waals surface area contributed by atoms with Gasteiger partial charge < -0.3 is 14.9 Å². The van der Waals surface area contributed by atoms with Crippen LogP contribution in [0.1, 0.15) is 50.4 Å². The lowest BCUT2D eigenvalue weighted by molar-refractivity contribution is -0.130. The van der Waals surface area contributed by atoms with Crippen molar-refractivity contribution < 1.29 is 19.2 Å². The molecule has 1 N–H and O–H groups in total. The van der Waals surface area contributed by atoms with Crippen LogP contribution in [0, 0.1) is 16.2 Å². The van der Waals surface area contributed by atoms with Gasteiger partial charge in [-0.15, -0.1) is 0 Å². The van der Waals surface area contributed by atoms with Crippen LogP contribution in [0.2, 0.25) is 0 Å². The predicted molar refractivity (Wildman–Crippen MR) is 119 cm³/mol. The zero-order chi connectivity index (χ0) is 22.3. The van der Waals surface area contributed by atoms with Crippen LogP contribution in [0.25, 0.3) is 0 Å². The molecule has 2 aliphatic rings. The number of nitrogens with zero attached hydrogens (tertiary/aromatic N) is 1. The molecule has 2 fully saturated rings. The molecule has 0 saturated heterocycles. The normalized spacial score (nSPS) is 27.2. The maximum Gasteiger partial charge on any atom is 0.365 e. The molecular formula is C25H28N2O4. The van der Waals surface area contributed by atoms with Gasteiger partial charge in [-0.2, -0.15) is 0 Å². The summed E-state index contributed by atoms with van der Waals surface area (Å²) in [5, 5.41) is 7.36. The fourth-order valence-corrected chi connectivity index (χ4v) is 5.20. The van der Waals surface area contributed by atoms with Crippen LogP contribution in [0.4, 0.5) is 5.69 Å². The van der Waals surface area contributed by atoms with Crippen LogP contribution in [0.5, 0.6) is 5.75 Å². The lowest BCUT2D eigenvalue weighted by atomic mass is 9.64. The molecule has 4 rings (SSSR count). The van der Waals surface area contributed by atoms with Gasteiger partial charge in [0.2, 0.25) is 5.91 Å². The number of anilines is 1. The average molecular weight is 421 g/mol. The molecule has 2 bridgehead atoms. The number of benzene rings is 2. The van der Waals surface area contributed by atoms with E-state index < -0.39 is 11.4 Å². The van der Waals surface area contributed by atoms with E-state index in [1.165, 1.54) is 0 Å². The molecule has 0 spiro atoms. The van der Waals surface area contributed by atoms with Crippen molar-refractivity contribution in [2.75, 3.05) is 12.4 Å². The quantitative estimate of drug-likeness (QED) is 0.542. The first-order valence-corrected chi connectivity index (χ1v) is 10.5. The largest absolute Gasteiger partial charge is 0.497 e. The standard InChI is InChI=1S/C25H28N2O4/c1-23(2)24(3)13-14-25(23,22(29)26-18-11-8-12-19(15-18)30-4)16-20(24)27-31-21(28)17-9-6-5-7-10-17/h5-12,15H,13-14,16H2,1-4H3,(H,26,29)/b27-20-. The zero-order valence-corrected chi connectivity index (χ0v) is 18.4. The van der Waals surface area contributed by atoms with Gasteiger partial charge in [-0.05, 0) is 42.5 Å². The molecule has 2 unspecified atom stereocenters. The molecule has 162 valence electrons. The third-order valence-electron chi connectivity index (χ3n) is 7.74. The number of rotatable bonds is 5. The Morgan fingerprint density at radius 2 is 1.74 bits per heavy atom. The lowest BCUT2D eigenvalue weighted by Crippen LogP contribution is -2.43. The van der Waals surface area contributed by atoms with Crippen LogP contribution < -0.4 is 10.1 Å². The van der Waals surface area contributed by atoms with Gasteiger partial charge in [0.15, 0.2) is 0 Å². The van der Waals surface area contributed by atoms with Crippen molar-refractivity contribution in [2.24, 2.45) is 21.4 Å². The first-order chi connectivity index (χ1) is 14.7. The van der Waals surface area contributed by atoms with E-state index in [2.05, 4.69) is 31.2 Å². The zero-order valence-electron chi connectivity index (χ0n) is 18.4. The summed E-state index contributed by atoms with van der Waals surface area (Å²) in [4.78, 5) is 31.2. The molecule has 0 aliphatic heterocycles. The SMILES string of the molecule is COc1cccc(NC(=O)C23CCC(C)(/C(=N\OC(=O)c4ccccc4)C2)C3(C)C)c1. The van der Waals surface area contributed by atoms with Crippen molar-refractivity contribution in [3.8, 4) is 5.75 Å². The molecule has 6 nitrogen and oxygen atoms in total. The highest BCUT2D eigenvalue weighted by molar-refractivity contribution is 6.06. The number of nitrogens with one attached hydrogen (secondary N) is 1. The summed E-state index contributed by atoms with van der Waals surface area (Å²) in [5.41, 5.74) is 0.627. The molecule has 31 heavy (non-hydrogen) atoms. The molecular weight excluding hydrogens is 392 g/mol. The minimum absolute atomic E-state index is 0.0333. The first-order valence-electron chi connectivity index (χ1n) is 10.5. The minimum atomic E-state index is -0.622. The summed E-state index contributed by atoms with van der Waals surface area (Å²) in [6.07, 6.45) is 2.04. The fourth-order valence-electron chi connectivity index (χ4n) is 5.20. The summed E-state index contributed by atoms with van der Waals surface area (Å²) in [6, 6.07) is 16.1. The molecule has 0 heterocycles. The maximum absolute atomic E-state index is 13.5. The molecule has 1 amide bonds. The molecule has 2 atom stereocenters. The van der Waals surface area contributed by atoms with E-state index in [0.29, 0.717) is 23.4 Å². The predicted octanol–water partition coefficient (Wildman–Crippen LogP) is 5.06. The number of methoxy groups -OCH3 is 1. The maximum atomic E-state index is 13.5. The number of fused-ring (bicyclic) bond motifs is 2. The highest BCUT2D eigenvalue weighted by Crippen LogP contribution is 2.71. The van der Waals surface area contributed by atoms with Gasteiger partial charge >= 0.3 is 5.97 Å². The molecule has 2 saturated carbocycles. The van der Waals surface area contributed by atoms with Gasteiger partial charge in [-0.25, -0.2) is 4.79 Å². The van der Waals surface area contributed by atoms with Gasteiger partial charge in [-0.3, -0.25) is 4.79 Å². The smallest absolute Gasteiger partial charge is 0.365 e. The Bertz CT molecular complexity index is 1050. The Morgan fingerprint density at radius 1 is 1.00 bits per heavy atom. The lowest BCUT2D eigenvalue weighted by Gasteiger charge is -2.39. The van der Waals surface area contributed by atoms with Gasteiger partial charge in [0.1, 0.15) is 5.75 Å². The van der Waals surface area contributed by atoms with E-state index in [-0.39, 0.29) is 16.7 Å². The van der Waals surface area contributed by atoms with Crippen LogP contribution >= 0.6 is 0 Å². The van der Waals surface area contributed by atoms with Crippen molar-refractivity contribution >= 4 is 23.3 Å². The summed E-state index contributed by atoms with van der Waals surface area (Å²) in [6.45, 7) is 6.36. The number of carbonyl (C=O) groups excluding carboxylic acids is 2. The number of hydrogen-bond acceptors (Lipinski definition) is 5. The van der Waals surface area contributed by atoms with E-state index in [0.717, 1.165) is 18.6 Å². The van der Waals surface area contributed by atoms with Crippen molar-refractivity contribution in [3.05, 3.63) is 60.2 Å². The first kappa shape index (κ1) is 21.1. The van der Waals surface area contributed by atoms with Crippen molar-refractivity contribution in [3.63, 3.8) is 0 Å². The number of oxime groups is 1. The van der Waals surface area contributed by atoms with E-state index in [1.54, 1.807) is 37.4 Å². The van der Waals surface area contributed by atoms with Crippen LogP contribution in [0.3, 0.4) is 0 Å². The number of hydrogen-bond donors (Lipinski definition) is 1. The molecule has 2 aromatic rings. The Morgan fingerprint density at radius 3 is 2.45 bits per heavy atom. The van der Waals surface area contributed by atoms with E-state index in [1.807, 2.05) is 24.3 Å². The summed E-state index contributed by atoms with van der Waals surface area (Å²) in [5.74, 6) is 0.161. The summed E-state index contributed by atoms with van der Waals surface area (Å²) >= 11 is 0. The van der Waals surface area contributed by atoms with Crippen molar-refractivity contribution in [1.29, 1.82) is 0 Å². The van der Waals surface area contributed by atoms with Gasteiger partial charge in [-0.1, -0.05) is 50.2 Å². The second-order valence-corrected chi connectivity index (χ2v) is 9.18. The second kappa shape index (κ2) is 7.52. The van der Waals surface area contributed by atoms with Crippen LogP contribution in [-0.4, -0.2) is 24.7 Å². The van der Waals surface area contributed by atoms with Gasteiger partial charge in [0.05, 0.1) is 23.8 Å². The third kappa shape index (κ3) is 3.21. The Hall–Kier alpha value is -3.15. The second-order valence-electron chi connectivity index (χ2n) is 9.18. The third-order valence-corrected chi connectivity index (χ3v) is 7.74. The van der Waals surface area contributed by atoms with E-state index in [9.17, 15) is 9.59 Å². The van der Waals surface area contributed by atoms with Crippen LogP contribution in [0.15, 0.2) is 59.8 Å². The molecule has 6 heteroatoms. The molecule has 2 aliphatic carbocycles. The Labute approximate surface area is 182 Å². The topological polar surface area (TPSA) is 77.0 Å². The fraction of sp³-hybridized carbons (Fsp3) is 0.400. The summed E-state index contributed by atoms with van der Waals surface area (Å²) < 4.78 is 5.27. The number of amides is 1. The van der Waals surface area contributed by atoms with Crippen LogP contribution in [-0.2, 0) is 9.63 Å². The number of carbonyl (C=O) groups is 2. The summed E-state index contributed by atoms with van der Waals surface area (Å²) in [7, 11) is 1.60. The molecule has 0 aromatic heterocycles. The van der Waals surface area contributed by atoms with Crippen molar-refractivity contribution in [1.82, 2.24) is 0 Å². The van der Waals surface area contributed by atoms with Gasteiger partial charge in [0.25, 0.3) is 0 Å². The van der Waals surface area contributed by atoms with Crippen molar-refractivity contribution in [2.45, 2.75) is 40.0 Å². The number of ether oxygens (including phenoxy) is 1. The van der Waals surface area contributed by atoms with E-state index in [4.69, 9.17) is 9.57 Å². The monoisotopic (exact) mass is 420 g/mol. The highest BCUT2D eigenvalue weighted by atomic mass is 16.7. The van der Waals surface area contributed by atoms with Gasteiger partial charge in [0, 0.05) is 23.6 Å². The minimum Gasteiger partial charge on any atom is -0.497 e.